The van der Waals surface area contributed by atoms with Crippen LogP contribution in [0.1, 0.15) is 31.0 Å². The smallest absolute Gasteiger partial charge is 0.293 e. The van der Waals surface area contributed by atoms with Crippen LogP contribution >= 0.6 is 23.2 Å². The molecule has 11 heteroatoms. The number of nitrogen functional groups attached to an aromatic ring is 1. The Hall–Kier alpha value is -3.82. The number of anilines is 1. The maximum absolute atomic E-state index is 6.34. The fourth-order valence-corrected chi connectivity index (χ4v) is 4.79. The first-order chi connectivity index (χ1) is 17.5. The molecular formula is C25H22Cl2N9+. The van der Waals surface area contributed by atoms with Crippen LogP contribution in [0.15, 0.2) is 67.4 Å². The van der Waals surface area contributed by atoms with E-state index in [1.807, 2.05) is 41.3 Å². The lowest BCUT2D eigenvalue weighted by Gasteiger charge is -2.17. The Morgan fingerprint density at radius 2 is 1.94 bits per heavy atom. The number of rotatable bonds is 7. The maximum Gasteiger partial charge on any atom is 0.293 e. The van der Waals surface area contributed by atoms with Crippen molar-refractivity contribution in [2.45, 2.75) is 25.3 Å². The molecule has 0 spiro atoms. The zero-order valence-electron chi connectivity index (χ0n) is 19.1. The summed E-state index contributed by atoms with van der Waals surface area (Å²) in [6, 6.07) is 13.4. The molecule has 3 N–H and O–H groups in total. The molecule has 1 unspecified atom stereocenters. The molecule has 0 aliphatic heterocycles. The summed E-state index contributed by atoms with van der Waals surface area (Å²) in [5.41, 5.74) is 11.1. The van der Waals surface area contributed by atoms with E-state index in [0.29, 0.717) is 21.9 Å². The maximum atomic E-state index is 6.34. The van der Waals surface area contributed by atoms with Gasteiger partial charge in [0.05, 0.1) is 17.9 Å². The van der Waals surface area contributed by atoms with E-state index in [9.17, 15) is 0 Å². The largest absolute Gasteiger partial charge is 0.384 e. The Kier molecular flexibility index (Phi) is 5.86. The van der Waals surface area contributed by atoms with Gasteiger partial charge < -0.3 is 5.73 Å². The van der Waals surface area contributed by atoms with Gasteiger partial charge in [-0.1, -0.05) is 47.3 Å². The monoisotopic (exact) mass is 518 g/mol. The Morgan fingerprint density at radius 3 is 2.67 bits per heavy atom. The van der Waals surface area contributed by atoms with E-state index in [0.717, 1.165) is 40.1 Å². The molecular weight excluding hydrogens is 497 g/mol. The van der Waals surface area contributed by atoms with E-state index < -0.39 is 0 Å². The molecule has 180 valence electrons. The highest BCUT2D eigenvalue weighted by atomic mass is 35.5. The molecule has 1 atom stereocenters. The molecule has 9 nitrogen and oxygen atoms in total. The summed E-state index contributed by atoms with van der Waals surface area (Å²) in [7, 11) is 0. The van der Waals surface area contributed by atoms with Gasteiger partial charge in [0.25, 0.3) is 6.33 Å². The number of aromatic amines is 1. The zero-order valence-corrected chi connectivity index (χ0v) is 20.6. The third kappa shape index (κ3) is 4.55. The third-order valence-corrected chi connectivity index (χ3v) is 6.91. The lowest BCUT2D eigenvalue weighted by atomic mass is 10.0. The minimum atomic E-state index is 0.00540. The van der Waals surface area contributed by atoms with Crippen LogP contribution in [0.2, 0.25) is 10.2 Å². The van der Waals surface area contributed by atoms with Gasteiger partial charge in [-0.3, -0.25) is 9.67 Å². The fourth-order valence-electron chi connectivity index (χ4n) is 4.35. The highest BCUT2D eigenvalue weighted by Gasteiger charge is 2.29. The number of aromatic nitrogens is 8. The SMILES string of the molecule is Nc1ccc(-c2cnn(C(CC3CC3)c3ccc(-c4cc(Cl)ccc4-[n+]4cnn[nH]4)cn3)c2)c(Cl)n1. The van der Waals surface area contributed by atoms with Crippen molar-refractivity contribution in [3.05, 3.63) is 83.3 Å². The van der Waals surface area contributed by atoms with E-state index in [1.165, 1.54) is 12.8 Å². The predicted octanol–water partition coefficient (Wildman–Crippen LogP) is 4.68. The van der Waals surface area contributed by atoms with E-state index in [4.69, 9.17) is 33.9 Å². The van der Waals surface area contributed by atoms with E-state index in [1.54, 1.807) is 23.3 Å². The summed E-state index contributed by atoms with van der Waals surface area (Å²) in [5, 5.41) is 16.2. The van der Waals surface area contributed by atoms with Gasteiger partial charge in [-0.2, -0.15) is 5.10 Å². The van der Waals surface area contributed by atoms with Gasteiger partial charge in [0, 0.05) is 39.7 Å². The van der Waals surface area contributed by atoms with Crippen LogP contribution in [0.3, 0.4) is 0 Å². The minimum absolute atomic E-state index is 0.00540. The average molecular weight is 519 g/mol. The van der Waals surface area contributed by atoms with Gasteiger partial charge in [0.15, 0.2) is 5.21 Å². The molecule has 4 heterocycles. The Labute approximate surface area is 216 Å². The predicted molar refractivity (Wildman–Crippen MR) is 137 cm³/mol. The quantitative estimate of drug-likeness (QED) is 0.238. The van der Waals surface area contributed by atoms with Gasteiger partial charge >= 0.3 is 0 Å². The number of halogens is 2. The molecule has 1 fully saturated rings. The Bertz CT molecular complexity index is 1510. The summed E-state index contributed by atoms with van der Waals surface area (Å²) in [6.45, 7) is 0. The van der Waals surface area contributed by atoms with Crippen molar-refractivity contribution in [2.24, 2.45) is 5.92 Å². The van der Waals surface area contributed by atoms with Crippen LogP contribution in [0.4, 0.5) is 5.82 Å². The number of pyridine rings is 2. The van der Waals surface area contributed by atoms with E-state index in [2.05, 4.69) is 37.7 Å². The number of hydrogen-bond donors (Lipinski definition) is 2. The van der Waals surface area contributed by atoms with Crippen molar-refractivity contribution in [1.29, 1.82) is 0 Å². The standard InChI is InChI=1S/C25H21Cl2N9/c26-18-4-7-22(36-14-30-33-34-36)20(10-18)16-3-6-21(29-11-16)23(9-15-1-2-15)35-13-17(12-31-35)19-5-8-24(28)32-25(19)27/h3-8,10-15,23H,1-2,9H2,(H2,28,32)/p+1. The molecule has 36 heavy (non-hydrogen) atoms. The first-order valence-electron chi connectivity index (χ1n) is 11.6. The average Bonchev–Trinajstić information content (AvgIpc) is 3.31. The number of H-pyrrole nitrogens is 1. The van der Waals surface area contributed by atoms with Crippen molar-refractivity contribution < 1.29 is 4.68 Å². The fraction of sp³-hybridized carbons (Fsp3) is 0.200. The van der Waals surface area contributed by atoms with Crippen LogP contribution in [-0.4, -0.2) is 35.3 Å². The number of benzene rings is 1. The molecule has 4 aromatic heterocycles. The summed E-state index contributed by atoms with van der Waals surface area (Å²) in [4.78, 5) is 9.03. The topological polar surface area (TPSA) is 115 Å². The van der Waals surface area contributed by atoms with Gasteiger partial charge in [-0.05, 0) is 48.7 Å². The molecule has 1 aliphatic rings. The second-order valence-corrected chi connectivity index (χ2v) is 9.71. The lowest BCUT2D eigenvalue weighted by molar-refractivity contribution is -0.659. The molecule has 5 aromatic rings. The number of nitrogens with one attached hydrogen (secondary N) is 1. The van der Waals surface area contributed by atoms with Gasteiger partial charge in [0.1, 0.15) is 21.8 Å². The summed E-state index contributed by atoms with van der Waals surface area (Å²) >= 11 is 12.7. The van der Waals surface area contributed by atoms with Crippen LogP contribution in [0.25, 0.3) is 27.9 Å². The van der Waals surface area contributed by atoms with Crippen LogP contribution < -0.4 is 10.4 Å². The highest BCUT2D eigenvalue weighted by molar-refractivity contribution is 6.32. The molecule has 1 saturated carbocycles. The Morgan fingerprint density at radius 1 is 1.06 bits per heavy atom. The summed E-state index contributed by atoms with van der Waals surface area (Å²) in [5.74, 6) is 1.06. The first kappa shape index (κ1) is 22.6. The molecule has 1 aliphatic carbocycles. The summed E-state index contributed by atoms with van der Waals surface area (Å²) in [6.07, 6.45) is 10.7. The van der Waals surface area contributed by atoms with Crippen LogP contribution in [0.5, 0.6) is 0 Å². The summed E-state index contributed by atoms with van der Waals surface area (Å²) < 4.78 is 3.71. The van der Waals surface area contributed by atoms with Crippen molar-refractivity contribution in [3.8, 4) is 27.9 Å². The third-order valence-electron chi connectivity index (χ3n) is 6.39. The number of hydrogen-bond acceptors (Lipinski definition) is 6. The molecule has 0 bridgehead atoms. The zero-order chi connectivity index (χ0) is 24.6. The molecule has 0 radical (unpaired) electrons. The molecule has 1 aromatic carbocycles. The van der Waals surface area contributed by atoms with Crippen LogP contribution in [-0.2, 0) is 0 Å². The molecule has 0 amide bonds. The van der Waals surface area contributed by atoms with Gasteiger partial charge in [-0.25, -0.2) is 4.98 Å². The number of nitrogens with two attached hydrogens (primary N) is 1. The number of nitrogens with zero attached hydrogens (tertiary/aromatic N) is 7. The van der Waals surface area contributed by atoms with Crippen LogP contribution in [0, 0.1) is 5.92 Å². The van der Waals surface area contributed by atoms with Crippen molar-refractivity contribution in [3.63, 3.8) is 0 Å². The molecule has 6 rings (SSSR count). The highest BCUT2D eigenvalue weighted by Crippen LogP contribution is 2.39. The van der Waals surface area contributed by atoms with Gasteiger partial charge in [0.2, 0.25) is 0 Å². The van der Waals surface area contributed by atoms with E-state index in [-0.39, 0.29) is 6.04 Å². The van der Waals surface area contributed by atoms with Gasteiger partial charge in [-0.15, -0.1) is 4.68 Å². The lowest BCUT2D eigenvalue weighted by Crippen LogP contribution is -2.32. The number of tetrazole rings is 1. The van der Waals surface area contributed by atoms with Crippen molar-refractivity contribution in [2.75, 3.05) is 5.73 Å². The second kappa shape index (κ2) is 9.33. The molecule has 0 saturated heterocycles. The second-order valence-electron chi connectivity index (χ2n) is 8.91. The Balaban J connectivity index is 1.34. The van der Waals surface area contributed by atoms with Crippen molar-refractivity contribution in [1.82, 2.24) is 35.3 Å². The van der Waals surface area contributed by atoms with E-state index >= 15 is 0 Å². The normalized spacial score (nSPS) is 14.2. The van der Waals surface area contributed by atoms with Crippen molar-refractivity contribution >= 4 is 29.0 Å². The first-order valence-corrected chi connectivity index (χ1v) is 12.3. The minimum Gasteiger partial charge on any atom is -0.384 e.